The second-order valence-electron chi connectivity index (χ2n) is 8.53. The molecule has 0 saturated carbocycles. The molecule has 0 aromatic heterocycles. The molecule has 0 atom stereocenters. The van der Waals surface area contributed by atoms with Crippen molar-refractivity contribution in [2.75, 3.05) is 19.6 Å². The van der Waals surface area contributed by atoms with E-state index in [1.165, 1.54) is 0 Å². The van der Waals surface area contributed by atoms with Crippen LogP contribution >= 0.6 is 0 Å². The van der Waals surface area contributed by atoms with Crippen LogP contribution in [0.1, 0.15) is 24.0 Å². The van der Waals surface area contributed by atoms with Gasteiger partial charge in [0, 0.05) is 13.1 Å². The lowest BCUT2D eigenvalue weighted by Crippen LogP contribution is -2.39. The quantitative estimate of drug-likeness (QED) is 0.0745. The molecular formula is C28H25F5N2O6. The summed E-state index contributed by atoms with van der Waals surface area (Å²) in [7, 11) is 0. The Kier molecular flexibility index (Phi) is 11.4. The highest BCUT2D eigenvalue weighted by Crippen LogP contribution is 2.29. The highest BCUT2D eigenvalue weighted by Gasteiger charge is 2.29. The zero-order chi connectivity index (χ0) is 29.8. The number of ether oxygens (including phenoxy) is 3. The average Bonchev–Trinajstić information content (AvgIpc) is 2.99. The zero-order valence-corrected chi connectivity index (χ0v) is 21.5. The molecule has 0 aliphatic rings. The molecule has 13 heteroatoms. The van der Waals surface area contributed by atoms with Crippen LogP contribution in [0, 0.1) is 29.1 Å². The van der Waals surface area contributed by atoms with Gasteiger partial charge in [0.1, 0.15) is 19.8 Å². The van der Waals surface area contributed by atoms with E-state index < -0.39 is 59.5 Å². The number of rotatable bonds is 12. The van der Waals surface area contributed by atoms with Gasteiger partial charge < -0.3 is 19.5 Å². The summed E-state index contributed by atoms with van der Waals surface area (Å²) < 4.78 is 82.7. The van der Waals surface area contributed by atoms with Gasteiger partial charge in [0.2, 0.25) is 34.8 Å². The van der Waals surface area contributed by atoms with Crippen LogP contribution in [0.15, 0.2) is 60.7 Å². The third-order valence-electron chi connectivity index (χ3n) is 5.51. The van der Waals surface area contributed by atoms with Gasteiger partial charge in [-0.3, -0.25) is 4.90 Å². The number of amides is 2. The molecule has 3 aromatic carbocycles. The highest BCUT2D eigenvalue weighted by molar-refractivity contribution is 5.79. The van der Waals surface area contributed by atoms with E-state index in [2.05, 4.69) is 10.1 Å². The van der Waals surface area contributed by atoms with Crippen molar-refractivity contribution in [1.82, 2.24) is 10.2 Å². The van der Waals surface area contributed by atoms with Crippen molar-refractivity contribution >= 4 is 18.2 Å². The summed E-state index contributed by atoms with van der Waals surface area (Å²) in [5.41, 5.74) is 1.42. The van der Waals surface area contributed by atoms with Gasteiger partial charge in [-0.25, -0.2) is 27.6 Å². The summed E-state index contributed by atoms with van der Waals surface area (Å²) in [6.45, 7) is -1.02. The number of carbonyl (C=O) groups excluding carboxylic acids is 3. The lowest BCUT2D eigenvalue weighted by Gasteiger charge is -2.21. The molecule has 3 rings (SSSR count). The molecule has 3 aromatic rings. The van der Waals surface area contributed by atoms with Crippen LogP contribution < -0.4 is 10.1 Å². The van der Waals surface area contributed by atoms with Crippen LogP contribution in [0.25, 0.3) is 0 Å². The van der Waals surface area contributed by atoms with Gasteiger partial charge in [-0.05, 0) is 24.0 Å². The van der Waals surface area contributed by atoms with E-state index in [9.17, 15) is 36.3 Å². The summed E-state index contributed by atoms with van der Waals surface area (Å²) in [6.07, 6.45) is -1.14. The topological polar surface area (TPSA) is 94.2 Å². The monoisotopic (exact) mass is 580 g/mol. The average molecular weight is 581 g/mol. The van der Waals surface area contributed by atoms with Crippen LogP contribution in [0.3, 0.4) is 0 Å². The highest BCUT2D eigenvalue weighted by atomic mass is 19.2. The van der Waals surface area contributed by atoms with Crippen molar-refractivity contribution in [3.8, 4) is 5.75 Å². The maximum absolute atomic E-state index is 13.9. The van der Waals surface area contributed by atoms with Crippen LogP contribution in [0.5, 0.6) is 5.75 Å². The second kappa shape index (κ2) is 15.2. The SMILES string of the molecule is O=C(CN(CCCCNC(=O)OCc1ccccc1)C(=O)OCc1ccccc1)Oc1c(F)c(F)c(F)c(F)c1F. The standard InChI is InChI=1S/C28H25F5N2O6/c29-21-22(30)24(32)26(25(33)23(21)31)41-20(36)15-35(28(38)40-17-19-11-5-2-6-12-19)14-8-7-13-34-27(37)39-16-18-9-3-1-4-10-18/h1-6,9-12H,7-8,13-17H2,(H,34,37). The Morgan fingerprint density at radius 2 is 1.20 bits per heavy atom. The number of unbranched alkanes of at least 4 members (excludes halogenated alkanes) is 1. The smallest absolute Gasteiger partial charge is 0.410 e. The summed E-state index contributed by atoms with van der Waals surface area (Å²) in [5.74, 6) is -14.9. The first-order valence-corrected chi connectivity index (χ1v) is 12.3. The van der Waals surface area contributed by atoms with Gasteiger partial charge >= 0.3 is 18.2 Å². The number of nitrogens with zero attached hydrogens (tertiary/aromatic N) is 1. The predicted molar refractivity (Wildman–Crippen MR) is 134 cm³/mol. The fraction of sp³-hybridized carbons (Fsp3) is 0.250. The number of halogens is 5. The van der Waals surface area contributed by atoms with Crippen molar-refractivity contribution in [3.63, 3.8) is 0 Å². The Labute approximate surface area is 231 Å². The van der Waals surface area contributed by atoms with Gasteiger partial charge in [-0.1, -0.05) is 60.7 Å². The molecule has 0 spiro atoms. The van der Waals surface area contributed by atoms with Crippen LogP contribution in [0.4, 0.5) is 31.5 Å². The Hall–Kier alpha value is -4.68. The molecule has 0 radical (unpaired) electrons. The van der Waals surface area contributed by atoms with Crippen molar-refractivity contribution in [1.29, 1.82) is 0 Å². The number of alkyl carbamates (subject to hydrolysis) is 1. The van der Waals surface area contributed by atoms with Crippen molar-refractivity contribution < 1.29 is 50.5 Å². The fourth-order valence-corrected chi connectivity index (χ4v) is 3.41. The predicted octanol–water partition coefficient (Wildman–Crippen LogP) is 5.63. The molecule has 0 bridgehead atoms. The molecule has 218 valence electrons. The van der Waals surface area contributed by atoms with Crippen molar-refractivity contribution in [3.05, 3.63) is 101 Å². The van der Waals surface area contributed by atoms with Crippen LogP contribution in [0.2, 0.25) is 0 Å². The molecule has 8 nitrogen and oxygen atoms in total. The van der Waals surface area contributed by atoms with Gasteiger partial charge in [-0.15, -0.1) is 0 Å². The third kappa shape index (κ3) is 9.19. The summed E-state index contributed by atoms with van der Waals surface area (Å²) in [4.78, 5) is 37.7. The Morgan fingerprint density at radius 1 is 0.683 bits per heavy atom. The van der Waals surface area contributed by atoms with E-state index in [0.29, 0.717) is 12.0 Å². The van der Waals surface area contributed by atoms with Gasteiger partial charge in [0.15, 0.2) is 0 Å². The molecule has 0 aliphatic heterocycles. The lowest BCUT2D eigenvalue weighted by atomic mass is 10.2. The first-order chi connectivity index (χ1) is 19.7. The first kappa shape index (κ1) is 30.9. The molecule has 41 heavy (non-hydrogen) atoms. The summed E-state index contributed by atoms with van der Waals surface area (Å²) >= 11 is 0. The Bertz CT molecular complexity index is 1320. The summed E-state index contributed by atoms with van der Waals surface area (Å²) in [6, 6.07) is 17.5. The molecule has 0 saturated heterocycles. The van der Waals surface area contributed by atoms with E-state index in [0.717, 1.165) is 10.5 Å². The largest absolute Gasteiger partial charge is 0.445 e. The van der Waals surface area contributed by atoms with Crippen molar-refractivity contribution in [2.24, 2.45) is 0 Å². The molecular weight excluding hydrogens is 555 g/mol. The fourth-order valence-electron chi connectivity index (χ4n) is 3.41. The number of benzene rings is 3. The lowest BCUT2D eigenvalue weighted by molar-refractivity contribution is -0.135. The minimum atomic E-state index is -2.41. The van der Waals surface area contributed by atoms with E-state index in [1.54, 1.807) is 54.6 Å². The van der Waals surface area contributed by atoms with Crippen molar-refractivity contribution in [2.45, 2.75) is 26.1 Å². The van der Waals surface area contributed by atoms with E-state index in [4.69, 9.17) is 9.47 Å². The molecule has 0 fully saturated rings. The van der Waals surface area contributed by atoms with Crippen LogP contribution in [-0.2, 0) is 27.5 Å². The summed E-state index contributed by atoms with van der Waals surface area (Å²) in [5, 5.41) is 2.53. The Balaban J connectivity index is 1.55. The zero-order valence-electron chi connectivity index (χ0n) is 21.5. The molecule has 0 heterocycles. The van der Waals surface area contributed by atoms with Gasteiger partial charge in [0.25, 0.3) is 0 Å². The molecule has 0 aliphatic carbocycles. The number of nitrogens with one attached hydrogen (secondary N) is 1. The molecule has 0 unspecified atom stereocenters. The van der Waals surface area contributed by atoms with E-state index in [1.807, 2.05) is 6.07 Å². The maximum atomic E-state index is 13.9. The number of esters is 1. The molecule has 1 N–H and O–H groups in total. The van der Waals surface area contributed by atoms with Gasteiger partial charge in [0.05, 0.1) is 0 Å². The minimum absolute atomic E-state index is 0.0683. The molecule has 2 amide bonds. The van der Waals surface area contributed by atoms with Gasteiger partial charge in [-0.2, -0.15) is 8.78 Å². The first-order valence-electron chi connectivity index (χ1n) is 12.3. The minimum Gasteiger partial charge on any atom is -0.445 e. The number of hydrogen-bond donors (Lipinski definition) is 1. The van der Waals surface area contributed by atoms with E-state index >= 15 is 0 Å². The van der Waals surface area contributed by atoms with E-state index in [-0.39, 0.29) is 32.7 Å². The maximum Gasteiger partial charge on any atom is 0.410 e. The number of carbonyl (C=O) groups is 3. The Morgan fingerprint density at radius 3 is 1.76 bits per heavy atom. The third-order valence-corrected chi connectivity index (χ3v) is 5.51. The number of hydrogen-bond acceptors (Lipinski definition) is 6. The normalized spacial score (nSPS) is 10.6. The van der Waals surface area contributed by atoms with Crippen LogP contribution in [-0.4, -0.2) is 42.7 Å². The second-order valence-corrected chi connectivity index (χ2v) is 8.53.